The van der Waals surface area contributed by atoms with Crippen molar-refractivity contribution in [3.05, 3.63) is 17.0 Å². The number of hydrogen-bond acceptors (Lipinski definition) is 3. The molecule has 1 saturated carbocycles. The van der Waals surface area contributed by atoms with Gasteiger partial charge in [-0.3, -0.25) is 9.48 Å². The van der Waals surface area contributed by atoms with Gasteiger partial charge >= 0.3 is 5.97 Å². The van der Waals surface area contributed by atoms with Crippen LogP contribution in [0.5, 0.6) is 0 Å². The number of hydrogen-bond donors (Lipinski definition) is 2. The molecule has 1 amide bonds. The van der Waals surface area contributed by atoms with Crippen molar-refractivity contribution >= 4 is 11.9 Å². The Morgan fingerprint density at radius 1 is 1.44 bits per heavy atom. The van der Waals surface area contributed by atoms with E-state index in [0.717, 1.165) is 18.5 Å². The van der Waals surface area contributed by atoms with Crippen molar-refractivity contribution in [3.63, 3.8) is 0 Å². The molecule has 1 aliphatic carbocycles. The molecule has 2 rings (SSSR count). The second-order valence-corrected chi connectivity index (χ2v) is 4.80. The first-order valence-electron chi connectivity index (χ1n) is 5.95. The number of aryl methyl sites for hydroxylation is 2. The molecule has 1 fully saturated rings. The van der Waals surface area contributed by atoms with Gasteiger partial charge in [0.15, 0.2) is 0 Å². The third-order valence-corrected chi connectivity index (χ3v) is 3.38. The number of carbonyl (C=O) groups excluding carboxylic acids is 1. The number of carboxylic acid groups (broad SMARTS) is 1. The number of carbonyl (C=O) groups is 2. The molecule has 1 unspecified atom stereocenters. The fourth-order valence-corrected chi connectivity index (χ4v) is 2.13. The molecule has 2 N–H and O–H groups in total. The number of amides is 1. The standard InChI is InChI=1S/C12H17N3O3/c1-6-9(7(2)15(3)14-6)11(16)13-10(12(17)18)8-4-5-8/h8,10H,4-5H2,1-3H3,(H,13,16)(H,17,18). The van der Waals surface area contributed by atoms with Crippen molar-refractivity contribution in [2.45, 2.75) is 32.7 Å². The lowest BCUT2D eigenvalue weighted by atomic mass is 10.1. The Morgan fingerprint density at radius 3 is 2.44 bits per heavy atom. The van der Waals surface area contributed by atoms with Crippen molar-refractivity contribution < 1.29 is 14.7 Å². The van der Waals surface area contributed by atoms with E-state index in [1.54, 1.807) is 25.6 Å². The van der Waals surface area contributed by atoms with E-state index in [-0.39, 0.29) is 11.8 Å². The highest BCUT2D eigenvalue weighted by molar-refractivity contribution is 5.98. The summed E-state index contributed by atoms with van der Waals surface area (Å²) in [5, 5.41) is 15.8. The van der Waals surface area contributed by atoms with Gasteiger partial charge in [0.2, 0.25) is 0 Å². The molecule has 0 aliphatic heterocycles. The smallest absolute Gasteiger partial charge is 0.326 e. The molecule has 1 aromatic rings. The molecule has 0 bridgehead atoms. The zero-order valence-electron chi connectivity index (χ0n) is 10.7. The number of carboxylic acids is 1. The molecule has 18 heavy (non-hydrogen) atoms. The Labute approximate surface area is 105 Å². The summed E-state index contributed by atoms with van der Waals surface area (Å²) in [7, 11) is 1.76. The number of aromatic nitrogens is 2. The van der Waals surface area contributed by atoms with E-state index >= 15 is 0 Å². The minimum atomic E-state index is -0.968. The fourth-order valence-electron chi connectivity index (χ4n) is 2.13. The highest BCUT2D eigenvalue weighted by Gasteiger charge is 2.38. The maximum absolute atomic E-state index is 12.1. The molecule has 1 aliphatic rings. The van der Waals surface area contributed by atoms with Crippen LogP contribution in [-0.4, -0.2) is 32.8 Å². The van der Waals surface area contributed by atoms with Crippen LogP contribution in [0.4, 0.5) is 0 Å². The van der Waals surface area contributed by atoms with Crippen molar-refractivity contribution in [1.29, 1.82) is 0 Å². The number of nitrogens with one attached hydrogen (secondary N) is 1. The number of nitrogens with zero attached hydrogens (tertiary/aromatic N) is 2. The minimum Gasteiger partial charge on any atom is -0.480 e. The lowest BCUT2D eigenvalue weighted by Crippen LogP contribution is -2.42. The molecule has 6 nitrogen and oxygen atoms in total. The summed E-state index contributed by atoms with van der Waals surface area (Å²) in [4.78, 5) is 23.2. The summed E-state index contributed by atoms with van der Waals surface area (Å²) in [6, 6.07) is -0.781. The zero-order chi connectivity index (χ0) is 13.4. The van der Waals surface area contributed by atoms with Crippen LogP contribution in [-0.2, 0) is 11.8 Å². The van der Waals surface area contributed by atoms with E-state index in [2.05, 4.69) is 10.4 Å². The lowest BCUT2D eigenvalue weighted by Gasteiger charge is -2.13. The van der Waals surface area contributed by atoms with Gasteiger partial charge < -0.3 is 10.4 Å². The van der Waals surface area contributed by atoms with Crippen LogP contribution in [0.3, 0.4) is 0 Å². The molecule has 0 radical (unpaired) electrons. The Bertz CT molecular complexity index is 503. The zero-order valence-corrected chi connectivity index (χ0v) is 10.7. The van der Waals surface area contributed by atoms with Crippen molar-refractivity contribution in [1.82, 2.24) is 15.1 Å². The van der Waals surface area contributed by atoms with Crippen LogP contribution >= 0.6 is 0 Å². The van der Waals surface area contributed by atoms with Gasteiger partial charge in [-0.1, -0.05) is 0 Å². The molecule has 0 aromatic carbocycles. The molecule has 0 spiro atoms. The van der Waals surface area contributed by atoms with Gasteiger partial charge in [0, 0.05) is 12.7 Å². The Morgan fingerprint density at radius 2 is 2.06 bits per heavy atom. The van der Waals surface area contributed by atoms with Gasteiger partial charge in [0.25, 0.3) is 5.91 Å². The van der Waals surface area contributed by atoms with Crippen LogP contribution in [0.15, 0.2) is 0 Å². The second-order valence-electron chi connectivity index (χ2n) is 4.80. The predicted molar refractivity (Wildman–Crippen MR) is 64.3 cm³/mol. The van der Waals surface area contributed by atoms with E-state index in [0.29, 0.717) is 11.3 Å². The topological polar surface area (TPSA) is 84.2 Å². The van der Waals surface area contributed by atoms with Crippen LogP contribution in [0, 0.1) is 19.8 Å². The Kier molecular flexibility index (Phi) is 3.11. The second kappa shape index (κ2) is 4.44. The van der Waals surface area contributed by atoms with Crippen molar-refractivity contribution in [3.8, 4) is 0 Å². The fraction of sp³-hybridized carbons (Fsp3) is 0.583. The summed E-state index contributed by atoms with van der Waals surface area (Å²) in [5.41, 5.74) is 1.83. The third kappa shape index (κ3) is 2.23. The van der Waals surface area contributed by atoms with Gasteiger partial charge in [0.05, 0.1) is 11.3 Å². The van der Waals surface area contributed by atoms with Crippen LogP contribution in [0.25, 0.3) is 0 Å². The maximum atomic E-state index is 12.1. The summed E-state index contributed by atoms with van der Waals surface area (Å²) in [6.45, 7) is 3.54. The first-order chi connectivity index (χ1) is 8.41. The van der Waals surface area contributed by atoms with Crippen molar-refractivity contribution in [2.75, 3.05) is 0 Å². The van der Waals surface area contributed by atoms with Gasteiger partial charge in [-0.25, -0.2) is 4.79 Å². The van der Waals surface area contributed by atoms with E-state index in [4.69, 9.17) is 5.11 Å². The molecule has 0 saturated heterocycles. The van der Waals surface area contributed by atoms with Gasteiger partial charge in [-0.05, 0) is 32.6 Å². The normalized spacial score (nSPS) is 16.4. The molecular formula is C12H17N3O3. The minimum absolute atomic E-state index is 0.0729. The molecule has 1 heterocycles. The molecule has 1 atom stereocenters. The first kappa shape index (κ1) is 12.6. The largest absolute Gasteiger partial charge is 0.480 e. The predicted octanol–water partition coefficient (Wildman–Crippen LogP) is 0.630. The van der Waals surface area contributed by atoms with Crippen LogP contribution < -0.4 is 5.32 Å². The Balaban J connectivity index is 2.18. The summed E-state index contributed by atoms with van der Waals surface area (Å²) in [5.74, 6) is -1.24. The monoisotopic (exact) mass is 251 g/mol. The molecule has 98 valence electrons. The summed E-state index contributed by atoms with van der Waals surface area (Å²) < 4.78 is 1.62. The third-order valence-electron chi connectivity index (χ3n) is 3.38. The number of aliphatic carboxylic acids is 1. The number of rotatable bonds is 4. The summed E-state index contributed by atoms with van der Waals surface area (Å²) >= 11 is 0. The van der Waals surface area contributed by atoms with Gasteiger partial charge in [-0.15, -0.1) is 0 Å². The summed E-state index contributed by atoms with van der Waals surface area (Å²) in [6.07, 6.45) is 1.73. The van der Waals surface area contributed by atoms with E-state index in [9.17, 15) is 9.59 Å². The van der Waals surface area contributed by atoms with E-state index in [1.807, 2.05) is 0 Å². The molecule has 6 heteroatoms. The average Bonchev–Trinajstić information content (AvgIpc) is 3.05. The maximum Gasteiger partial charge on any atom is 0.326 e. The van der Waals surface area contributed by atoms with Gasteiger partial charge in [0.1, 0.15) is 6.04 Å². The lowest BCUT2D eigenvalue weighted by molar-refractivity contribution is -0.139. The van der Waals surface area contributed by atoms with Crippen LogP contribution in [0.1, 0.15) is 34.6 Å². The highest BCUT2D eigenvalue weighted by Crippen LogP contribution is 2.33. The first-order valence-corrected chi connectivity index (χ1v) is 5.95. The average molecular weight is 251 g/mol. The molecular weight excluding hydrogens is 234 g/mol. The van der Waals surface area contributed by atoms with Gasteiger partial charge in [-0.2, -0.15) is 5.10 Å². The quantitative estimate of drug-likeness (QED) is 0.822. The SMILES string of the molecule is Cc1nn(C)c(C)c1C(=O)NC(C(=O)O)C1CC1. The van der Waals surface area contributed by atoms with E-state index in [1.165, 1.54) is 0 Å². The molecule has 1 aromatic heterocycles. The van der Waals surface area contributed by atoms with Crippen LogP contribution in [0.2, 0.25) is 0 Å². The Hall–Kier alpha value is -1.85. The highest BCUT2D eigenvalue weighted by atomic mass is 16.4. The van der Waals surface area contributed by atoms with E-state index < -0.39 is 12.0 Å². The van der Waals surface area contributed by atoms with Crippen molar-refractivity contribution in [2.24, 2.45) is 13.0 Å².